The van der Waals surface area contributed by atoms with Gasteiger partial charge in [-0.05, 0) is 0 Å². The monoisotopic (exact) mass is 206 g/mol. The molecule has 2 radical (unpaired) electrons. The molecule has 0 aliphatic heterocycles. The Kier molecular flexibility index (Phi) is 3.06. The first-order valence-corrected chi connectivity index (χ1v) is 2.40. The minimum atomic E-state index is -0.146. The molecule has 0 amide bonds. The topological polar surface area (TPSA) is 60.7 Å². The van der Waals surface area contributed by atoms with Gasteiger partial charge in [0.15, 0.2) is 0 Å². The minimum Gasteiger partial charge on any atom is -0.508 e. The summed E-state index contributed by atoms with van der Waals surface area (Å²) < 4.78 is 0. The van der Waals surface area contributed by atoms with E-state index in [4.69, 9.17) is 15.3 Å². The van der Waals surface area contributed by atoms with Gasteiger partial charge in [-0.2, -0.15) is 0 Å². The molecule has 1 rings (SSSR count). The Morgan fingerprint density at radius 2 is 0.900 bits per heavy atom. The molecule has 0 saturated carbocycles. The van der Waals surface area contributed by atoms with Crippen LogP contribution in [0, 0.1) is 0 Å². The van der Waals surface area contributed by atoms with Gasteiger partial charge >= 0.3 is 0 Å². The summed E-state index contributed by atoms with van der Waals surface area (Å²) in [6.45, 7) is 0. The quantitative estimate of drug-likeness (QED) is 0.538. The van der Waals surface area contributed by atoms with E-state index < -0.39 is 0 Å². The van der Waals surface area contributed by atoms with E-state index in [0.29, 0.717) is 0 Å². The molecule has 3 nitrogen and oxygen atoms in total. The van der Waals surface area contributed by atoms with Crippen LogP contribution in [-0.2, 0) is 0 Å². The van der Waals surface area contributed by atoms with E-state index in [0.717, 1.165) is 18.2 Å². The third-order valence-corrected chi connectivity index (χ3v) is 0.887. The van der Waals surface area contributed by atoms with Gasteiger partial charge in [-0.25, -0.2) is 0 Å². The van der Waals surface area contributed by atoms with Crippen LogP contribution in [0.1, 0.15) is 0 Å². The summed E-state index contributed by atoms with van der Waals surface area (Å²) in [4.78, 5) is 0. The van der Waals surface area contributed by atoms with Gasteiger partial charge in [0.25, 0.3) is 0 Å². The molecule has 0 aliphatic carbocycles. The summed E-state index contributed by atoms with van der Waals surface area (Å²) in [7, 11) is 0. The molecule has 0 bridgehead atoms. The molecular weight excluding hydrogens is 199 g/mol. The average molecular weight is 205 g/mol. The number of phenolic OH excluding ortho intramolecular Hbond substituents is 3. The van der Waals surface area contributed by atoms with Crippen molar-refractivity contribution in [3.63, 3.8) is 0 Å². The Morgan fingerprint density at radius 1 is 0.700 bits per heavy atom. The maximum absolute atomic E-state index is 8.67. The van der Waals surface area contributed by atoms with Gasteiger partial charge in [-0.3, -0.25) is 0 Å². The smallest absolute Gasteiger partial charge is 0.122 e. The summed E-state index contributed by atoms with van der Waals surface area (Å²) in [5.41, 5.74) is 0. The zero-order valence-electron chi connectivity index (χ0n) is 4.98. The normalized spacial score (nSPS) is 8.40. The molecule has 10 heavy (non-hydrogen) atoms. The van der Waals surface area contributed by atoms with Crippen LogP contribution in [0.2, 0.25) is 0 Å². The zero-order chi connectivity index (χ0) is 6.85. The third-order valence-electron chi connectivity index (χ3n) is 0.887. The first-order valence-electron chi connectivity index (χ1n) is 2.40. The number of rotatable bonds is 0. The summed E-state index contributed by atoms with van der Waals surface area (Å²) in [6.07, 6.45) is 0. The van der Waals surface area contributed by atoms with Crippen LogP contribution >= 0.6 is 0 Å². The van der Waals surface area contributed by atoms with Crippen molar-refractivity contribution in [3.05, 3.63) is 18.2 Å². The van der Waals surface area contributed by atoms with Gasteiger partial charge in [0, 0.05) is 35.3 Å². The first-order chi connectivity index (χ1) is 4.18. The molecule has 54 valence electrons. The van der Waals surface area contributed by atoms with E-state index in [9.17, 15) is 0 Å². The van der Waals surface area contributed by atoms with Crippen LogP contribution in [0.4, 0.5) is 0 Å². The number of benzene rings is 1. The Balaban J connectivity index is 0.000000810. The SMILES string of the molecule is Oc1cc(O)cc(O)c1.[Se]. The number of phenols is 3. The van der Waals surface area contributed by atoms with Crippen molar-refractivity contribution in [1.29, 1.82) is 0 Å². The number of hydrogen-bond donors (Lipinski definition) is 3. The van der Waals surface area contributed by atoms with Gasteiger partial charge in [0.2, 0.25) is 0 Å². The predicted molar refractivity (Wildman–Crippen MR) is 37.2 cm³/mol. The summed E-state index contributed by atoms with van der Waals surface area (Å²) in [5, 5.41) is 26.0. The van der Waals surface area contributed by atoms with Crippen molar-refractivity contribution in [2.24, 2.45) is 0 Å². The van der Waals surface area contributed by atoms with Crippen molar-refractivity contribution < 1.29 is 15.3 Å². The molecule has 0 heterocycles. The number of hydrogen-bond acceptors (Lipinski definition) is 3. The maximum atomic E-state index is 8.67. The van der Waals surface area contributed by atoms with E-state index in [-0.39, 0.29) is 34.3 Å². The summed E-state index contributed by atoms with van der Waals surface area (Å²) in [5.74, 6) is -0.437. The van der Waals surface area contributed by atoms with Gasteiger partial charge in [0.05, 0.1) is 0 Å². The first kappa shape index (κ1) is 9.14. The second-order valence-electron chi connectivity index (χ2n) is 1.71. The molecule has 0 saturated heterocycles. The second kappa shape index (κ2) is 3.34. The number of aromatic hydroxyl groups is 3. The van der Waals surface area contributed by atoms with Gasteiger partial charge in [-0.1, -0.05) is 0 Å². The van der Waals surface area contributed by atoms with Crippen molar-refractivity contribution in [1.82, 2.24) is 0 Å². The van der Waals surface area contributed by atoms with Gasteiger partial charge in [-0.15, -0.1) is 0 Å². The van der Waals surface area contributed by atoms with Crippen LogP contribution in [0.5, 0.6) is 17.2 Å². The summed E-state index contributed by atoms with van der Waals surface area (Å²) >= 11 is 0. The molecular formula is C6H6O3Se. The standard InChI is InChI=1S/C6H6O3.Se/c7-4-1-5(8)3-6(9)2-4;/h1-3,7-9H;. The Hall–Kier alpha value is -0.861. The van der Waals surface area contributed by atoms with E-state index in [2.05, 4.69) is 0 Å². The molecule has 0 aromatic heterocycles. The zero-order valence-corrected chi connectivity index (χ0v) is 6.70. The second-order valence-corrected chi connectivity index (χ2v) is 1.71. The van der Waals surface area contributed by atoms with Crippen LogP contribution in [0.25, 0.3) is 0 Å². The van der Waals surface area contributed by atoms with Crippen LogP contribution in [-0.4, -0.2) is 32.4 Å². The molecule has 4 heteroatoms. The van der Waals surface area contributed by atoms with E-state index >= 15 is 0 Å². The fourth-order valence-electron chi connectivity index (χ4n) is 0.580. The van der Waals surface area contributed by atoms with Crippen LogP contribution < -0.4 is 0 Å². The minimum absolute atomic E-state index is 0. The Bertz CT molecular complexity index is 174. The fourth-order valence-corrected chi connectivity index (χ4v) is 0.580. The largest absolute Gasteiger partial charge is 0.508 e. The predicted octanol–water partition coefficient (Wildman–Crippen LogP) is 0.423. The van der Waals surface area contributed by atoms with Crippen molar-refractivity contribution >= 4 is 17.1 Å². The molecule has 1 aromatic carbocycles. The molecule has 0 aliphatic rings. The molecule has 0 atom stereocenters. The van der Waals surface area contributed by atoms with Crippen molar-refractivity contribution in [2.75, 3.05) is 0 Å². The molecule has 0 fully saturated rings. The van der Waals surface area contributed by atoms with E-state index in [1.54, 1.807) is 0 Å². The van der Waals surface area contributed by atoms with Gasteiger partial charge in [0.1, 0.15) is 17.2 Å². The average Bonchev–Trinajstić information content (AvgIpc) is 1.59. The van der Waals surface area contributed by atoms with Crippen LogP contribution in [0.3, 0.4) is 0 Å². The Labute approximate surface area is 68.4 Å². The maximum Gasteiger partial charge on any atom is 0.122 e. The fraction of sp³-hybridized carbons (Fsp3) is 0. The molecule has 1 aromatic rings. The third kappa shape index (κ3) is 2.17. The van der Waals surface area contributed by atoms with E-state index in [1.165, 1.54) is 0 Å². The molecule has 3 N–H and O–H groups in total. The molecule has 0 unspecified atom stereocenters. The summed E-state index contributed by atoms with van der Waals surface area (Å²) in [6, 6.07) is 3.42. The Morgan fingerprint density at radius 3 is 1.10 bits per heavy atom. The van der Waals surface area contributed by atoms with Gasteiger partial charge < -0.3 is 15.3 Å². The van der Waals surface area contributed by atoms with E-state index in [1.807, 2.05) is 0 Å². The van der Waals surface area contributed by atoms with Crippen molar-refractivity contribution in [3.8, 4) is 17.2 Å². The van der Waals surface area contributed by atoms with Crippen molar-refractivity contribution in [2.45, 2.75) is 0 Å². The van der Waals surface area contributed by atoms with Crippen LogP contribution in [0.15, 0.2) is 18.2 Å². The molecule has 0 spiro atoms.